The topological polar surface area (TPSA) is 54.4 Å². The molecular formula is C16H22O3S. The van der Waals surface area contributed by atoms with Crippen LogP contribution in [-0.4, -0.2) is 24.4 Å². The maximum absolute atomic E-state index is 12.6. The zero-order valence-electron chi connectivity index (χ0n) is 12.0. The molecule has 0 aromatic heterocycles. The van der Waals surface area contributed by atoms with Crippen molar-refractivity contribution in [3.63, 3.8) is 0 Å². The van der Waals surface area contributed by atoms with Crippen LogP contribution in [0.25, 0.3) is 0 Å². The Balaban J connectivity index is 3.19. The van der Waals surface area contributed by atoms with Crippen LogP contribution in [0.15, 0.2) is 54.5 Å². The van der Waals surface area contributed by atoms with Gasteiger partial charge in [0.2, 0.25) is 0 Å². The van der Waals surface area contributed by atoms with Crippen LogP contribution in [-0.2, 0) is 9.84 Å². The quantitative estimate of drug-likeness (QED) is 0.786. The van der Waals surface area contributed by atoms with Gasteiger partial charge in [-0.1, -0.05) is 29.8 Å². The van der Waals surface area contributed by atoms with Crippen LogP contribution in [0.1, 0.15) is 25.3 Å². The Morgan fingerprint density at radius 1 is 1.30 bits per heavy atom. The van der Waals surface area contributed by atoms with Crippen LogP contribution in [0, 0.1) is 6.92 Å². The first-order valence-corrected chi connectivity index (χ1v) is 8.06. The maximum atomic E-state index is 12.6. The lowest BCUT2D eigenvalue weighted by atomic mass is 9.96. The molecule has 0 aliphatic heterocycles. The largest absolute Gasteiger partial charge is 0.388 e. The zero-order valence-corrected chi connectivity index (χ0v) is 12.9. The highest BCUT2D eigenvalue weighted by Crippen LogP contribution is 2.29. The molecular weight excluding hydrogens is 272 g/mol. The fourth-order valence-corrected chi connectivity index (χ4v) is 3.97. The third-order valence-corrected chi connectivity index (χ3v) is 5.66. The van der Waals surface area contributed by atoms with Crippen molar-refractivity contribution in [1.29, 1.82) is 0 Å². The summed E-state index contributed by atoms with van der Waals surface area (Å²) in [6.07, 6.45) is 3.82. The van der Waals surface area contributed by atoms with Crippen LogP contribution in [0.5, 0.6) is 0 Å². The van der Waals surface area contributed by atoms with Crippen molar-refractivity contribution in [2.45, 2.75) is 42.4 Å². The fourth-order valence-electron chi connectivity index (χ4n) is 2.13. The molecule has 3 nitrogen and oxygen atoms in total. The van der Waals surface area contributed by atoms with E-state index in [9.17, 15) is 13.5 Å². The summed E-state index contributed by atoms with van der Waals surface area (Å²) < 4.78 is 25.3. The number of hydrogen-bond donors (Lipinski definition) is 1. The SMILES string of the molecule is C=CCC[C@](C)(O)[C@H](C=C)S(=O)(=O)c1ccc(C)cc1. The molecule has 110 valence electrons. The summed E-state index contributed by atoms with van der Waals surface area (Å²) in [5.74, 6) is 0. The number of aliphatic hydroxyl groups is 1. The summed E-state index contributed by atoms with van der Waals surface area (Å²) in [5, 5.41) is 9.41. The monoisotopic (exact) mass is 294 g/mol. The minimum atomic E-state index is -3.66. The first kappa shape index (κ1) is 16.7. The van der Waals surface area contributed by atoms with Crippen LogP contribution in [0.2, 0.25) is 0 Å². The van der Waals surface area contributed by atoms with E-state index in [2.05, 4.69) is 13.2 Å². The van der Waals surface area contributed by atoms with Gasteiger partial charge in [0.05, 0.1) is 10.5 Å². The molecule has 1 N–H and O–H groups in total. The molecule has 0 spiro atoms. The van der Waals surface area contributed by atoms with Gasteiger partial charge in [-0.2, -0.15) is 0 Å². The summed E-state index contributed by atoms with van der Waals surface area (Å²) in [6.45, 7) is 10.6. The van der Waals surface area contributed by atoms with Gasteiger partial charge in [0.25, 0.3) is 0 Å². The van der Waals surface area contributed by atoms with E-state index in [1.165, 1.54) is 13.0 Å². The van der Waals surface area contributed by atoms with Gasteiger partial charge in [0, 0.05) is 0 Å². The second-order valence-electron chi connectivity index (χ2n) is 5.20. The molecule has 0 radical (unpaired) electrons. The lowest BCUT2D eigenvalue weighted by molar-refractivity contribution is 0.0581. The Kier molecular flexibility index (Phi) is 5.31. The molecule has 20 heavy (non-hydrogen) atoms. The summed E-state index contributed by atoms with van der Waals surface area (Å²) in [6, 6.07) is 6.60. The van der Waals surface area contributed by atoms with Gasteiger partial charge in [0.15, 0.2) is 9.84 Å². The van der Waals surface area contributed by atoms with E-state index in [0.29, 0.717) is 12.8 Å². The summed E-state index contributed by atoms with van der Waals surface area (Å²) >= 11 is 0. The Labute approximate surface area is 121 Å². The zero-order chi connectivity index (χ0) is 15.4. The molecule has 1 aromatic rings. The van der Waals surface area contributed by atoms with Crippen LogP contribution >= 0.6 is 0 Å². The van der Waals surface area contributed by atoms with E-state index >= 15 is 0 Å². The van der Waals surface area contributed by atoms with Crippen molar-refractivity contribution in [1.82, 2.24) is 0 Å². The van der Waals surface area contributed by atoms with Gasteiger partial charge in [0.1, 0.15) is 5.25 Å². The smallest absolute Gasteiger partial charge is 0.187 e. The fraction of sp³-hybridized carbons (Fsp3) is 0.375. The van der Waals surface area contributed by atoms with Crippen molar-refractivity contribution in [3.8, 4) is 0 Å². The van der Waals surface area contributed by atoms with Gasteiger partial charge in [-0.15, -0.1) is 13.2 Å². The van der Waals surface area contributed by atoms with E-state index in [0.717, 1.165) is 5.56 Å². The molecule has 2 atom stereocenters. The van der Waals surface area contributed by atoms with Gasteiger partial charge < -0.3 is 5.11 Å². The average Bonchev–Trinajstić information content (AvgIpc) is 2.37. The van der Waals surface area contributed by atoms with Crippen molar-refractivity contribution in [2.75, 3.05) is 0 Å². The highest BCUT2D eigenvalue weighted by molar-refractivity contribution is 7.92. The molecule has 0 bridgehead atoms. The number of benzene rings is 1. The number of allylic oxidation sites excluding steroid dienone is 1. The predicted octanol–water partition coefficient (Wildman–Crippen LogP) is 3.04. The van der Waals surface area contributed by atoms with Gasteiger partial charge >= 0.3 is 0 Å². The number of rotatable bonds is 7. The Bertz CT molecular complexity index is 568. The third kappa shape index (κ3) is 3.58. The number of aryl methyl sites for hydroxylation is 1. The highest BCUT2D eigenvalue weighted by Gasteiger charge is 2.39. The molecule has 0 saturated carbocycles. The van der Waals surface area contributed by atoms with Crippen molar-refractivity contribution in [3.05, 3.63) is 55.1 Å². The summed E-state index contributed by atoms with van der Waals surface area (Å²) in [7, 11) is -3.66. The molecule has 1 rings (SSSR count). The molecule has 1 aromatic carbocycles. The molecule has 0 unspecified atom stereocenters. The standard InChI is InChI=1S/C16H22O3S/c1-5-7-12-16(4,17)15(6-2)20(18,19)14-10-8-13(3)9-11-14/h5-6,8-11,15,17H,1-2,7,12H2,3-4H3/t15-,16-/m0/s1. The molecule has 4 heteroatoms. The Morgan fingerprint density at radius 2 is 1.85 bits per heavy atom. The van der Waals surface area contributed by atoms with Crippen LogP contribution < -0.4 is 0 Å². The average molecular weight is 294 g/mol. The minimum absolute atomic E-state index is 0.201. The second kappa shape index (κ2) is 6.37. The predicted molar refractivity (Wildman–Crippen MR) is 82.4 cm³/mol. The Morgan fingerprint density at radius 3 is 2.30 bits per heavy atom. The van der Waals surface area contributed by atoms with E-state index in [1.807, 2.05) is 6.92 Å². The van der Waals surface area contributed by atoms with E-state index in [4.69, 9.17) is 0 Å². The van der Waals surface area contributed by atoms with Gasteiger partial charge in [-0.25, -0.2) is 8.42 Å². The molecule has 0 aliphatic carbocycles. The maximum Gasteiger partial charge on any atom is 0.187 e. The van der Waals surface area contributed by atoms with Gasteiger partial charge in [-0.3, -0.25) is 0 Å². The second-order valence-corrected chi connectivity index (χ2v) is 7.27. The lowest BCUT2D eigenvalue weighted by Crippen LogP contribution is -2.43. The van der Waals surface area contributed by atoms with Crippen molar-refractivity contribution >= 4 is 9.84 Å². The molecule has 0 aliphatic rings. The molecule has 0 fully saturated rings. The van der Waals surface area contributed by atoms with E-state index in [-0.39, 0.29) is 4.90 Å². The van der Waals surface area contributed by atoms with Crippen molar-refractivity contribution < 1.29 is 13.5 Å². The number of sulfone groups is 1. The van der Waals surface area contributed by atoms with Crippen LogP contribution in [0.3, 0.4) is 0 Å². The molecule has 0 saturated heterocycles. The normalized spacial score (nSPS) is 16.1. The number of hydrogen-bond acceptors (Lipinski definition) is 3. The Hall–Kier alpha value is -1.39. The lowest BCUT2D eigenvalue weighted by Gasteiger charge is -2.30. The minimum Gasteiger partial charge on any atom is -0.388 e. The van der Waals surface area contributed by atoms with E-state index in [1.54, 1.807) is 30.3 Å². The van der Waals surface area contributed by atoms with E-state index < -0.39 is 20.7 Å². The summed E-state index contributed by atoms with van der Waals surface area (Å²) in [5.41, 5.74) is -0.392. The van der Waals surface area contributed by atoms with Gasteiger partial charge in [-0.05, 0) is 38.8 Å². The summed E-state index contributed by atoms with van der Waals surface area (Å²) in [4.78, 5) is 0.201. The first-order valence-electron chi connectivity index (χ1n) is 6.52. The highest BCUT2D eigenvalue weighted by atomic mass is 32.2. The molecule has 0 heterocycles. The van der Waals surface area contributed by atoms with Crippen LogP contribution in [0.4, 0.5) is 0 Å². The molecule has 0 amide bonds. The first-order chi connectivity index (χ1) is 9.25. The van der Waals surface area contributed by atoms with Crippen molar-refractivity contribution in [2.24, 2.45) is 0 Å². The third-order valence-electron chi connectivity index (χ3n) is 3.37.